The predicted molar refractivity (Wildman–Crippen MR) is 70.7 cm³/mol. The van der Waals surface area contributed by atoms with Gasteiger partial charge in [0.05, 0.1) is 11.4 Å². The number of rotatable bonds is 3. The van der Waals surface area contributed by atoms with Crippen LogP contribution >= 0.6 is 11.6 Å². The molecular formula is C12H19ClN4. The number of aryl methyl sites for hydroxylation is 2. The molecule has 0 spiro atoms. The van der Waals surface area contributed by atoms with Gasteiger partial charge in [-0.1, -0.05) is 11.6 Å². The van der Waals surface area contributed by atoms with Crippen LogP contribution in [0.15, 0.2) is 0 Å². The molecule has 1 atom stereocenters. The number of halogens is 1. The van der Waals surface area contributed by atoms with Crippen LogP contribution in [0.25, 0.3) is 0 Å². The van der Waals surface area contributed by atoms with Crippen molar-refractivity contribution in [3.8, 4) is 0 Å². The summed E-state index contributed by atoms with van der Waals surface area (Å²) >= 11 is 6.07. The zero-order chi connectivity index (χ0) is 12.4. The van der Waals surface area contributed by atoms with Crippen LogP contribution < -0.4 is 5.32 Å². The van der Waals surface area contributed by atoms with Gasteiger partial charge in [-0.2, -0.15) is 0 Å². The van der Waals surface area contributed by atoms with Gasteiger partial charge in [0.15, 0.2) is 11.0 Å². The molecule has 1 saturated heterocycles. The van der Waals surface area contributed by atoms with Crippen molar-refractivity contribution < 1.29 is 0 Å². The van der Waals surface area contributed by atoms with Crippen molar-refractivity contribution in [2.75, 3.05) is 25.5 Å². The molecule has 1 fully saturated rings. The molecule has 0 aromatic carbocycles. The van der Waals surface area contributed by atoms with Crippen LogP contribution in [0.1, 0.15) is 24.2 Å². The maximum absolute atomic E-state index is 6.07. The van der Waals surface area contributed by atoms with Gasteiger partial charge in [-0.15, -0.1) is 0 Å². The van der Waals surface area contributed by atoms with Crippen LogP contribution in [-0.4, -0.2) is 41.0 Å². The highest BCUT2D eigenvalue weighted by atomic mass is 35.5. The van der Waals surface area contributed by atoms with Gasteiger partial charge >= 0.3 is 0 Å². The summed E-state index contributed by atoms with van der Waals surface area (Å²) in [5, 5.41) is 3.77. The molecule has 4 nitrogen and oxygen atoms in total. The van der Waals surface area contributed by atoms with Crippen molar-refractivity contribution in [2.45, 2.75) is 32.7 Å². The highest BCUT2D eigenvalue weighted by molar-refractivity contribution is 6.31. The van der Waals surface area contributed by atoms with E-state index in [0.29, 0.717) is 17.0 Å². The van der Waals surface area contributed by atoms with Gasteiger partial charge in [0, 0.05) is 12.6 Å². The largest absolute Gasteiger partial charge is 0.366 e. The second-order valence-corrected chi connectivity index (χ2v) is 5.05. The minimum absolute atomic E-state index is 0.466. The third-order valence-corrected chi connectivity index (χ3v) is 3.70. The number of anilines is 1. The molecule has 1 aliphatic rings. The molecule has 1 aromatic heterocycles. The fourth-order valence-corrected chi connectivity index (χ4v) is 2.38. The van der Waals surface area contributed by atoms with E-state index in [1.165, 1.54) is 19.4 Å². The lowest BCUT2D eigenvalue weighted by atomic mass is 10.2. The molecule has 0 radical (unpaired) electrons. The first-order valence-electron chi connectivity index (χ1n) is 6.03. The summed E-state index contributed by atoms with van der Waals surface area (Å²) in [5.41, 5.74) is 1.82. The maximum Gasteiger partial charge on any atom is 0.171 e. The van der Waals surface area contributed by atoms with Gasteiger partial charge in [0.25, 0.3) is 0 Å². The molecule has 0 aliphatic carbocycles. The number of aromatic nitrogens is 2. The first-order valence-corrected chi connectivity index (χ1v) is 6.40. The van der Waals surface area contributed by atoms with E-state index in [4.69, 9.17) is 11.6 Å². The summed E-state index contributed by atoms with van der Waals surface area (Å²) in [5.74, 6) is 0.704. The topological polar surface area (TPSA) is 41.1 Å². The Bertz CT molecular complexity index is 408. The fourth-order valence-electron chi connectivity index (χ4n) is 2.14. The van der Waals surface area contributed by atoms with E-state index < -0.39 is 0 Å². The van der Waals surface area contributed by atoms with E-state index in [-0.39, 0.29) is 0 Å². The van der Waals surface area contributed by atoms with Gasteiger partial charge < -0.3 is 10.2 Å². The van der Waals surface area contributed by atoms with Crippen LogP contribution in [0.4, 0.5) is 5.82 Å². The first-order chi connectivity index (χ1) is 8.08. The maximum atomic E-state index is 6.07. The molecule has 0 amide bonds. The molecule has 1 unspecified atom stereocenters. The van der Waals surface area contributed by atoms with E-state index >= 15 is 0 Å². The van der Waals surface area contributed by atoms with E-state index in [1.807, 2.05) is 13.8 Å². The summed E-state index contributed by atoms with van der Waals surface area (Å²) in [7, 11) is 2.16. The first kappa shape index (κ1) is 12.6. The Kier molecular flexibility index (Phi) is 3.84. The quantitative estimate of drug-likeness (QED) is 0.898. The molecule has 1 N–H and O–H groups in total. The standard InChI is InChI=1S/C12H19ClN4/c1-8-9(2)16-12(11(13)15-8)14-7-10-5-4-6-17(10)3/h10H,4-7H2,1-3H3,(H,14,16). The number of hydrogen-bond donors (Lipinski definition) is 1. The Morgan fingerprint density at radius 3 is 2.71 bits per heavy atom. The number of nitrogens with zero attached hydrogens (tertiary/aromatic N) is 3. The lowest BCUT2D eigenvalue weighted by Crippen LogP contribution is -2.31. The van der Waals surface area contributed by atoms with Crippen LogP contribution in [0.5, 0.6) is 0 Å². The third-order valence-electron chi connectivity index (χ3n) is 3.44. The van der Waals surface area contributed by atoms with Gasteiger partial charge in [0.2, 0.25) is 0 Å². The molecule has 5 heteroatoms. The van der Waals surface area contributed by atoms with E-state index in [2.05, 4.69) is 27.2 Å². The highest BCUT2D eigenvalue weighted by Gasteiger charge is 2.20. The lowest BCUT2D eigenvalue weighted by molar-refractivity contribution is 0.322. The van der Waals surface area contributed by atoms with Crippen LogP contribution in [0.3, 0.4) is 0 Å². The second-order valence-electron chi connectivity index (χ2n) is 4.69. The minimum atomic E-state index is 0.466. The molecule has 1 aromatic rings. The van der Waals surface area contributed by atoms with Crippen LogP contribution in [-0.2, 0) is 0 Å². The van der Waals surface area contributed by atoms with Gasteiger partial charge in [-0.25, -0.2) is 9.97 Å². The molecular weight excluding hydrogens is 236 g/mol. The van der Waals surface area contributed by atoms with Crippen LogP contribution in [0.2, 0.25) is 5.15 Å². The lowest BCUT2D eigenvalue weighted by Gasteiger charge is -2.20. The summed E-state index contributed by atoms with van der Waals surface area (Å²) in [4.78, 5) is 11.1. The van der Waals surface area contributed by atoms with Crippen molar-refractivity contribution in [1.29, 1.82) is 0 Å². The minimum Gasteiger partial charge on any atom is -0.366 e. The summed E-state index contributed by atoms with van der Waals surface area (Å²) in [6, 6.07) is 0.578. The number of hydrogen-bond acceptors (Lipinski definition) is 4. The molecule has 1 aliphatic heterocycles. The molecule has 17 heavy (non-hydrogen) atoms. The van der Waals surface area contributed by atoms with E-state index in [0.717, 1.165) is 17.9 Å². The number of nitrogens with one attached hydrogen (secondary N) is 1. The van der Waals surface area contributed by atoms with E-state index in [9.17, 15) is 0 Å². The zero-order valence-corrected chi connectivity index (χ0v) is 11.4. The number of likely N-dealkylation sites (tertiary alicyclic amines) is 1. The Morgan fingerprint density at radius 1 is 1.35 bits per heavy atom. The third kappa shape index (κ3) is 2.87. The molecule has 0 saturated carbocycles. The normalized spacial score (nSPS) is 20.8. The Balaban J connectivity index is 2.01. The van der Waals surface area contributed by atoms with Crippen molar-refractivity contribution in [3.63, 3.8) is 0 Å². The van der Waals surface area contributed by atoms with Gasteiger partial charge in [0.1, 0.15) is 0 Å². The van der Waals surface area contributed by atoms with Crippen molar-refractivity contribution in [1.82, 2.24) is 14.9 Å². The monoisotopic (exact) mass is 254 g/mol. The van der Waals surface area contributed by atoms with Crippen LogP contribution in [0, 0.1) is 13.8 Å². The molecule has 2 rings (SSSR count). The Labute approximate surface area is 107 Å². The van der Waals surface area contributed by atoms with Crippen molar-refractivity contribution in [3.05, 3.63) is 16.5 Å². The smallest absolute Gasteiger partial charge is 0.171 e. The molecule has 0 bridgehead atoms. The average Bonchev–Trinajstić information content (AvgIpc) is 2.68. The van der Waals surface area contributed by atoms with Gasteiger partial charge in [-0.3, -0.25) is 0 Å². The zero-order valence-electron chi connectivity index (χ0n) is 10.6. The second kappa shape index (κ2) is 5.19. The predicted octanol–water partition coefficient (Wildman–Crippen LogP) is 2.25. The SMILES string of the molecule is Cc1nc(Cl)c(NCC2CCCN2C)nc1C. The summed E-state index contributed by atoms with van der Waals surface area (Å²) in [6.07, 6.45) is 2.51. The fraction of sp³-hybridized carbons (Fsp3) is 0.667. The summed E-state index contributed by atoms with van der Waals surface area (Å²) < 4.78 is 0. The summed E-state index contributed by atoms with van der Waals surface area (Å²) in [6.45, 7) is 5.93. The van der Waals surface area contributed by atoms with E-state index in [1.54, 1.807) is 0 Å². The van der Waals surface area contributed by atoms with Crippen molar-refractivity contribution in [2.24, 2.45) is 0 Å². The van der Waals surface area contributed by atoms with Gasteiger partial charge in [-0.05, 0) is 40.3 Å². The number of likely N-dealkylation sites (N-methyl/N-ethyl adjacent to an activating group) is 1. The highest BCUT2D eigenvalue weighted by Crippen LogP contribution is 2.20. The molecule has 94 valence electrons. The average molecular weight is 255 g/mol. The van der Waals surface area contributed by atoms with Crippen molar-refractivity contribution >= 4 is 17.4 Å². The Morgan fingerprint density at radius 2 is 2.06 bits per heavy atom. The molecule has 2 heterocycles. The Hall–Kier alpha value is -0.870.